The van der Waals surface area contributed by atoms with Crippen molar-refractivity contribution in [2.24, 2.45) is 0 Å². The van der Waals surface area contributed by atoms with Crippen molar-refractivity contribution in [2.75, 3.05) is 23.4 Å². The van der Waals surface area contributed by atoms with Crippen LogP contribution in [0, 0.1) is 6.92 Å². The second-order valence-electron chi connectivity index (χ2n) is 8.35. The van der Waals surface area contributed by atoms with Crippen molar-refractivity contribution in [1.29, 1.82) is 0 Å². The molecule has 3 aromatic heterocycles. The summed E-state index contributed by atoms with van der Waals surface area (Å²) in [5.41, 5.74) is 3.04. The average Bonchev–Trinajstić information content (AvgIpc) is 3.29. The molecule has 1 N–H and O–H groups in total. The topological polar surface area (TPSA) is 111 Å². The molecule has 1 fully saturated rings. The summed E-state index contributed by atoms with van der Waals surface area (Å²) >= 11 is 0. The van der Waals surface area contributed by atoms with Gasteiger partial charge in [-0.3, -0.25) is 14.3 Å². The standard InChI is InChI=1S/C22H26N8O2/c1-13(2)30-18(31)11-24-20-22(30)27-17(10-23-20)15-7-8-16(26-14(15)3)21-28-25-12-29(21)19-6-4-5-9-32-19/h7-8,10,12-13,19H,4-6,9,11H2,1-3H3,(H,23,24). The van der Waals surface area contributed by atoms with Crippen molar-refractivity contribution in [3.8, 4) is 22.8 Å². The van der Waals surface area contributed by atoms with E-state index in [1.807, 2.05) is 37.5 Å². The van der Waals surface area contributed by atoms with Gasteiger partial charge in [-0.2, -0.15) is 0 Å². The van der Waals surface area contributed by atoms with Gasteiger partial charge in [0, 0.05) is 23.9 Å². The lowest BCUT2D eigenvalue weighted by Crippen LogP contribution is -2.45. The summed E-state index contributed by atoms with van der Waals surface area (Å²) in [6.45, 7) is 6.83. The van der Waals surface area contributed by atoms with Crippen molar-refractivity contribution >= 4 is 17.5 Å². The summed E-state index contributed by atoms with van der Waals surface area (Å²) in [5, 5.41) is 11.4. The summed E-state index contributed by atoms with van der Waals surface area (Å²) < 4.78 is 7.85. The van der Waals surface area contributed by atoms with Crippen molar-refractivity contribution < 1.29 is 9.53 Å². The molecule has 5 rings (SSSR count). The molecule has 1 atom stereocenters. The molecule has 10 nitrogen and oxygen atoms in total. The minimum Gasteiger partial charge on any atom is -0.358 e. The summed E-state index contributed by atoms with van der Waals surface area (Å²) in [4.78, 5) is 28.2. The van der Waals surface area contributed by atoms with Crippen LogP contribution in [0.5, 0.6) is 0 Å². The lowest BCUT2D eigenvalue weighted by Gasteiger charge is -2.31. The first kappa shape index (κ1) is 20.5. The molecule has 10 heteroatoms. The molecule has 0 bridgehead atoms. The number of anilines is 2. The van der Waals surface area contributed by atoms with E-state index in [0.29, 0.717) is 23.2 Å². The number of pyridine rings is 1. The molecule has 3 aromatic rings. The van der Waals surface area contributed by atoms with Crippen LogP contribution in [0.1, 0.15) is 45.0 Å². The molecule has 32 heavy (non-hydrogen) atoms. The first-order chi connectivity index (χ1) is 15.5. The smallest absolute Gasteiger partial charge is 0.247 e. The fourth-order valence-electron chi connectivity index (χ4n) is 4.23. The van der Waals surface area contributed by atoms with Gasteiger partial charge >= 0.3 is 0 Å². The third kappa shape index (κ3) is 3.60. The second-order valence-corrected chi connectivity index (χ2v) is 8.35. The number of fused-ring (bicyclic) bond motifs is 1. The zero-order valence-corrected chi connectivity index (χ0v) is 18.4. The molecule has 2 aliphatic heterocycles. The Hall–Kier alpha value is -3.40. The lowest BCUT2D eigenvalue weighted by atomic mass is 10.1. The number of carbonyl (C=O) groups is 1. The van der Waals surface area contributed by atoms with Gasteiger partial charge in [0.15, 0.2) is 17.5 Å². The number of nitrogens with zero attached hydrogens (tertiary/aromatic N) is 7. The average molecular weight is 435 g/mol. The van der Waals surface area contributed by atoms with E-state index in [1.54, 1.807) is 17.4 Å². The Morgan fingerprint density at radius 1 is 1.19 bits per heavy atom. The van der Waals surface area contributed by atoms with Crippen molar-refractivity contribution in [3.63, 3.8) is 0 Å². The third-order valence-corrected chi connectivity index (χ3v) is 5.80. The molecule has 5 heterocycles. The zero-order chi connectivity index (χ0) is 22.2. The SMILES string of the molecule is Cc1nc(-c2nncn2C2CCCCO2)ccc1-c1cnc2c(n1)N(C(C)C)C(=O)CN2. The highest BCUT2D eigenvalue weighted by Crippen LogP contribution is 2.32. The number of aromatic nitrogens is 6. The molecule has 0 saturated carbocycles. The Labute approximate surface area is 186 Å². The number of hydrogen-bond donors (Lipinski definition) is 1. The van der Waals surface area contributed by atoms with Crippen LogP contribution < -0.4 is 10.2 Å². The van der Waals surface area contributed by atoms with E-state index >= 15 is 0 Å². The maximum Gasteiger partial charge on any atom is 0.247 e. The van der Waals surface area contributed by atoms with Crippen LogP contribution in [0.15, 0.2) is 24.7 Å². The highest BCUT2D eigenvalue weighted by molar-refractivity contribution is 6.01. The largest absolute Gasteiger partial charge is 0.358 e. The van der Waals surface area contributed by atoms with Crippen LogP contribution in [0.3, 0.4) is 0 Å². The Morgan fingerprint density at radius 2 is 2.06 bits per heavy atom. The van der Waals surface area contributed by atoms with E-state index in [0.717, 1.165) is 42.8 Å². The normalized spacial score (nSPS) is 18.6. The molecule has 0 aliphatic carbocycles. The van der Waals surface area contributed by atoms with Crippen LogP contribution in [0.4, 0.5) is 11.6 Å². The summed E-state index contributed by atoms with van der Waals surface area (Å²) in [6.07, 6.45) is 6.49. The van der Waals surface area contributed by atoms with Crippen molar-refractivity contribution in [2.45, 2.75) is 52.3 Å². The molecule has 0 aromatic carbocycles. The molecule has 1 unspecified atom stereocenters. The molecule has 166 valence electrons. The van der Waals surface area contributed by atoms with Gasteiger partial charge in [-0.05, 0) is 52.2 Å². The Morgan fingerprint density at radius 3 is 2.81 bits per heavy atom. The highest BCUT2D eigenvalue weighted by atomic mass is 16.5. The number of aryl methyl sites for hydroxylation is 1. The molecule has 0 spiro atoms. The van der Waals surface area contributed by atoms with Gasteiger partial charge in [-0.1, -0.05) is 0 Å². The van der Waals surface area contributed by atoms with Gasteiger partial charge in [0.2, 0.25) is 5.91 Å². The van der Waals surface area contributed by atoms with E-state index in [1.165, 1.54) is 0 Å². The summed E-state index contributed by atoms with van der Waals surface area (Å²) in [7, 11) is 0. The number of amides is 1. The fraction of sp³-hybridized carbons (Fsp3) is 0.455. The van der Waals surface area contributed by atoms with Gasteiger partial charge in [-0.25, -0.2) is 15.0 Å². The monoisotopic (exact) mass is 434 g/mol. The van der Waals surface area contributed by atoms with Gasteiger partial charge in [0.25, 0.3) is 0 Å². The highest BCUT2D eigenvalue weighted by Gasteiger charge is 2.29. The number of hydrogen-bond acceptors (Lipinski definition) is 8. The van der Waals surface area contributed by atoms with E-state index in [2.05, 4.69) is 20.5 Å². The van der Waals surface area contributed by atoms with E-state index in [4.69, 9.17) is 14.7 Å². The predicted octanol–water partition coefficient (Wildman–Crippen LogP) is 2.97. The Bertz CT molecular complexity index is 1150. The van der Waals surface area contributed by atoms with E-state index < -0.39 is 0 Å². The number of nitrogens with one attached hydrogen (secondary N) is 1. The Balaban J connectivity index is 1.49. The van der Waals surface area contributed by atoms with Gasteiger partial charge < -0.3 is 10.1 Å². The van der Waals surface area contributed by atoms with Crippen molar-refractivity contribution in [1.82, 2.24) is 29.7 Å². The minimum atomic E-state index is -0.0610. The first-order valence-corrected chi connectivity index (χ1v) is 11.0. The van der Waals surface area contributed by atoms with E-state index in [-0.39, 0.29) is 24.7 Å². The maximum atomic E-state index is 12.4. The van der Waals surface area contributed by atoms with E-state index in [9.17, 15) is 4.79 Å². The van der Waals surface area contributed by atoms with Crippen LogP contribution in [0.25, 0.3) is 22.8 Å². The number of carbonyl (C=O) groups excluding carboxylic acids is 1. The Kier molecular flexibility index (Phi) is 5.30. The predicted molar refractivity (Wildman–Crippen MR) is 119 cm³/mol. The molecule has 0 radical (unpaired) electrons. The van der Waals surface area contributed by atoms with Gasteiger partial charge in [0.1, 0.15) is 18.2 Å². The van der Waals surface area contributed by atoms with Crippen LogP contribution in [-0.2, 0) is 9.53 Å². The lowest BCUT2D eigenvalue weighted by molar-refractivity contribution is -0.117. The quantitative estimate of drug-likeness (QED) is 0.667. The molecular formula is C22H26N8O2. The maximum absolute atomic E-state index is 12.4. The summed E-state index contributed by atoms with van der Waals surface area (Å²) in [6, 6.07) is 3.87. The molecule has 2 aliphatic rings. The third-order valence-electron chi connectivity index (χ3n) is 5.80. The molecule has 1 amide bonds. The molecular weight excluding hydrogens is 408 g/mol. The number of ether oxygens (including phenoxy) is 1. The minimum absolute atomic E-state index is 0.0112. The van der Waals surface area contributed by atoms with Crippen LogP contribution in [0.2, 0.25) is 0 Å². The second kappa shape index (κ2) is 8.27. The van der Waals surface area contributed by atoms with Crippen LogP contribution in [-0.4, -0.2) is 54.8 Å². The molecule has 1 saturated heterocycles. The van der Waals surface area contributed by atoms with Gasteiger partial charge in [-0.15, -0.1) is 10.2 Å². The van der Waals surface area contributed by atoms with Crippen molar-refractivity contribution in [3.05, 3.63) is 30.4 Å². The summed E-state index contributed by atoms with van der Waals surface area (Å²) in [5.74, 6) is 1.83. The zero-order valence-electron chi connectivity index (χ0n) is 18.4. The van der Waals surface area contributed by atoms with Crippen LogP contribution >= 0.6 is 0 Å². The first-order valence-electron chi connectivity index (χ1n) is 11.0. The van der Waals surface area contributed by atoms with Gasteiger partial charge in [0.05, 0.1) is 18.4 Å². The number of rotatable bonds is 4. The fourth-order valence-corrected chi connectivity index (χ4v) is 4.23.